The minimum atomic E-state index is -0.0511. The van der Waals surface area contributed by atoms with Crippen molar-refractivity contribution in [3.63, 3.8) is 0 Å². The molecule has 0 fully saturated rings. The molecule has 0 atom stereocenters. The van der Waals surface area contributed by atoms with Crippen LogP contribution in [0.1, 0.15) is 21.6 Å². The average molecular weight is 215 g/mol. The zero-order chi connectivity index (χ0) is 11.7. The summed E-state index contributed by atoms with van der Waals surface area (Å²) in [4.78, 5) is 12.2. The lowest BCUT2D eigenvalue weighted by atomic mass is 10.0. The average Bonchev–Trinajstić information content (AvgIpc) is 2.68. The molecule has 2 N–H and O–H groups in total. The number of carbonyl (C=O) groups excluding carboxylic acids is 1. The zero-order valence-corrected chi connectivity index (χ0v) is 9.27. The van der Waals surface area contributed by atoms with Crippen LogP contribution in [0.15, 0.2) is 30.5 Å². The Morgan fingerprint density at radius 2 is 2.12 bits per heavy atom. The van der Waals surface area contributed by atoms with Gasteiger partial charge in [0.2, 0.25) is 5.78 Å². The molecule has 0 amide bonds. The van der Waals surface area contributed by atoms with Gasteiger partial charge in [-0.2, -0.15) is 5.10 Å². The Hall–Kier alpha value is -2.10. The van der Waals surface area contributed by atoms with E-state index in [0.29, 0.717) is 16.9 Å². The summed E-state index contributed by atoms with van der Waals surface area (Å²) < 4.78 is 1.56. The highest BCUT2D eigenvalue weighted by atomic mass is 16.1. The van der Waals surface area contributed by atoms with Gasteiger partial charge in [-0.15, -0.1) is 0 Å². The van der Waals surface area contributed by atoms with Crippen LogP contribution in [-0.2, 0) is 7.05 Å². The minimum Gasteiger partial charge on any atom is -0.398 e. The maximum Gasteiger partial charge on any atom is 0.211 e. The summed E-state index contributed by atoms with van der Waals surface area (Å²) in [5.41, 5.74) is 8.41. The second-order valence-electron chi connectivity index (χ2n) is 3.69. The third-order valence-electron chi connectivity index (χ3n) is 2.67. The molecule has 0 aliphatic carbocycles. The van der Waals surface area contributed by atoms with Gasteiger partial charge in [0.15, 0.2) is 0 Å². The third-order valence-corrected chi connectivity index (χ3v) is 2.67. The lowest BCUT2D eigenvalue weighted by molar-refractivity contribution is 0.102. The van der Waals surface area contributed by atoms with Crippen LogP contribution in [0.2, 0.25) is 0 Å². The quantitative estimate of drug-likeness (QED) is 0.610. The van der Waals surface area contributed by atoms with Crippen molar-refractivity contribution in [3.8, 4) is 0 Å². The zero-order valence-electron chi connectivity index (χ0n) is 9.27. The van der Waals surface area contributed by atoms with E-state index >= 15 is 0 Å². The molecule has 0 unspecified atom stereocenters. The van der Waals surface area contributed by atoms with Gasteiger partial charge >= 0.3 is 0 Å². The fourth-order valence-corrected chi connectivity index (χ4v) is 1.63. The highest BCUT2D eigenvalue weighted by molar-refractivity contribution is 6.09. The van der Waals surface area contributed by atoms with Crippen molar-refractivity contribution in [2.24, 2.45) is 7.05 Å². The van der Waals surface area contributed by atoms with Crippen LogP contribution in [0, 0.1) is 6.92 Å². The van der Waals surface area contributed by atoms with Crippen LogP contribution < -0.4 is 5.73 Å². The Balaban J connectivity index is 2.50. The monoisotopic (exact) mass is 215 g/mol. The molecule has 82 valence electrons. The number of nitrogens with two attached hydrogens (primary N) is 1. The summed E-state index contributed by atoms with van der Waals surface area (Å²) >= 11 is 0. The highest BCUT2D eigenvalue weighted by Crippen LogP contribution is 2.18. The molecule has 0 aliphatic rings. The van der Waals surface area contributed by atoms with E-state index in [1.165, 1.54) is 0 Å². The predicted molar refractivity (Wildman–Crippen MR) is 62.2 cm³/mol. The first kappa shape index (κ1) is 10.4. The van der Waals surface area contributed by atoms with Crippen molar-refractivity contribution < 1.29 is 4.79 Å². The van der Waals surface area contributed by atoms with Gasteiger partial charge in [0.05, 0.1) is 0 Å². The summed E-state index contributed by atoms with van der Waals surface area (Å²) in [5, 5.41) is 3.98. The first-order valence-electron chi connectivity index (χ1n) is 4.99. The fraction of sp³-hybridized carbons (Fsp3) is 0.167. The molecule has 1 aromatic carbocycles. The Morgan fingerprint density at radius 3 is 2.75 bits per heavy atom. The molecule has 2 aromatic rings. The maximum absolute atomic E-state index is 12.2. The number of aromatic nitrogens is 2. The Morgan fingerprint density at radius 1 is 1.38 bits per heavy atom. The number of hydrogen-bond donors (Lipinski definition) is 1. The Bertz CT molecular complexity index is 543. The largest absolute Gasteiger partial charge is 0.398 e. The van der Waals surface area contributed by atoms with Crippen LogP contribution in [0.25, 0.3) is 0 Å². The van der Waals surface area contributed by atoms with Gasteiger partial charge in [-0.3, -0.25) is 9.48 Å². The van der Waals surface area contributed by atoms with Gasteiger partial charge < -0.3 is 5.73 Å². The summed E-state index contributed by atoms with van der Waals surface area (Å²) in [5.74, 6) is -0.0511. The van der Waals surface area contributed by atoms with Gasteiger partial charge in [-0.1, -0.05) is 12.1 Å². The van der Waals surface area contributed by atoms with Crippen LogP contribution in [0.3, 0.4) is 0 Å². The van der Waals surface area contributed by atoms with Crippen molar-refractivity contribution in [2.75, 3.05) is 5.73 Å². The third kappa shape index (κ3) is 1.58. The maximum atomic E-state index is 12.2. The van der Waals surface area contributed by atoms with E-state index < -0.39 is 0 Å². The molecule has 0 bridgehead atoms. The number of ketones is 1. The molecule has 0 spiro atoms. The number of aryl methyl sites for hydroxylation is 1. The van der Waals surface area contributed by atoms with Crippen molar-refractivity contribution in [1.82, 2.24) is 9.78 Å². The Kier molecular flexibility index (Phi) is 2.48. The summed E-state index contributed by atoms with van der Waals surface area (Å²) in [6.45, 7) is 1.85. The molecule has 0 saturated heterocycles. The molecule has 1 heterocycles. The summed E-state index contributed by atoms with van der Waals surface area (Å²) in [7, 11) is 1.74. The van der Waals surface area contributed by atoms with Gasteiger partial charge in [-0.05, 0) is 24.6 Å². The van der Waals surface area contributed by atoms with E-state index in [1.807, 2.05) is 6.92 Å². The van der Waals surface area contributed by atoms with Crippen molar-refractivity contribution in [2.45, 2.75) is 6.92 Å². The number of rotatable bonds is 2. The smallest absolute Gasteiger partial charge is 0.211 e. The highest BCUT2D eigenvalue weighted by Gasteiger charge is 2.15. The molecule has 0 saturated carbocycles. The fourth-order valence-electron chi connectivity index (χ4n) is 1.63. The molecule has 2 rings (SSSR count). The van der Waals surface area contributed by atoms with Crippen molar-refractivity contribution in [1.29, 1.82) is 0 Å². The second-order valence-corrected chi connectivity index (χ2v) is 3.69. The van der Waals surface area contributed by atoms with Crippen LogP contribution >= 0.6 is 0 Å². The van der Waals surface area contributed by atoms with Crippen molar-refractivity contribution in [3.05, 3.63) is 47.3 Å². The molecule has 4 heteroatoms. The number of hydrogen-bond acceptors (Lipinski definition) is 3. The van der Waals surface area contributed by atoms with E-state index in [0.717, 1.165) is 5.56 Å². The molecular weight excluding hydrogens is 202 g/mol. The van der Waals surface area contributed by atoms with Gasteiger partial charge in [0, 0.05) is 24.5 Å². The van der Waals surface area contributed by atoms with Crippen LogP contribution in [0.5, 0.6) is 0 Å². The van der Waals surface area contributed by atoms with Crippen molar-refractivity contribution >= 4 is 11.5 Å². The number of nitrogens with zero attached hydrogens (tertiary/aromatic N) is 2. The number of anilines is 1. The molecule has 1 aromatic heterocycles. The van der Waals surface area contributed by atoms with Gasteiger partial charge in [0.25, 0.3) is 0 Å². The van der Waals surface area contributed by atoms with E-state index in [9.17, 15) is 4.79 Å². The van der Waals surface area contributed by atoms with Gasteiger partial charge in [0.1, 0.15) is 5.69 Å². The normalized spacial score (nSPS) is 10.4. The SMILES string of the molecule is Cc1c(N)cccc1C(=O)c1ccnn1C. The first-order chi connectivity index (χ1) is 7.61. The summed E-state index contributed by atoms with van der Waals surface area (Å²) in [6.07, 6.45) is 1.61. The number of nitrogen functional groups attached to an aromatic ring is 1. The molecule has 4 nitrogen and oxygen atoms in total. The molecule has 0 radical (unpaired) electrons. The standard InChI is InChI=1S/C12H13N3O/c1-8-9(4-3-5-10(8)13)12(16)11-6-7-14-15(11)2/h3-7H,13H2,1-2H3. The molecule has 16 heavy (non-hydrogen) atoms. The van der Waals surface area contributed by atoms with E-state index in [4.69, 9.17) is 5.73 Å². The topological polar surface area (TPSA) is 60.9 Å². The number of benzene rings is 1. The minimum absolute atomic E-state index is 0.0511. The second kappa shape index (κ2) is 3.81. The first-order valence-corrected chi connectivity index (χ1v) is 4.99. The number of carbonyl (C=O) groups is 1. The lowest BCUT2D eigenvalue weighted by Gasteiger charge is -2.07. The van der Waals surface area contributed by atoms with E-state index in [2.05, 4.69) is 5.10 Å². The van der Waals surface area contributed by atoms with Crippen LogP contribution in [-0.4, -0.2) is 15.6 Å². The predicted octanol–water partition coefficient (Wildman–Crippen LogP) is 1.54. The van der Waals surface area contributed by atoms with E-state index in [1.54, 1.807) is 42.2 Å². The summed E-state index contributed by atoms with van der Waals surface area (Å²) in [6, 6.07) is 7.05. The van der Waals surface area contributed by atoms with Gasteiger partial charge in [-0.25, -0.2) is 0 Å². The van der Waals surface area contributed by atoms with E-state index in [-0.39, 0.29) is 5.78 Å². The van der Waals surface area contributed by atoms with Crippen LogP contribution in [0.4, 0.5) is 5.69 Å². The Labute approximate surface area is 93.7 Å². The molecular formula is C12H13N3O. The lowest BCUT2D eigenvalue weighted by Crippen LogP contribution is -2.10. The molecule has 0 aliphatic heterocycles.